The van der Waals surface area contributed by atoms with Gasteiger partial charge in [0.1, 0.15) is 10.6 Å². The van der Waals surface area contributed by atoms with Crippen LogP contribution in [0.2, 0.25) is 0 Å². The van der Waals surface area contributed by atoms with Crippen LogP contribution in [0, 0.1) is 0 Å². The highest BCUT2D eigenvalue weighted by molar-refractivity contribution is 7.89. The molecule has 2 aromatic carbocycles. The monoisotopic (exact) mass is 429 g/mol. The van der Waals surface area contributed by atoms with E-state index in [1.807, 2.05) is 12.1 Å². The molecule has 30 heavy (non-hydrogen) atoms. The third-order valence-corrected chi connectivity index (χ3v) is 7.40. The molecule has 0 amide bonds. The molecular weight excluding hydrogens is 398 g/mol. The topological polar surface area (TPSA) is 62.2 Å². The molecule has 0 aliphatic carbocycles. The Bertz CT molecular complexity index is 962. The van der Waals surface area contributed by atoms with E-state index in [2.05, 4.69) is 35.9 Å². The van der Waals surface area contributed by atoms with E-state index in [9.17, 15) is 8.42 Å². The summed E-state index contributed by atoms with van der Waals surface area (Å²) in [5, 5.41) is 0. The summed E-state index contributed by atoms with van der Waals surface area (Å²) in [4.78, 5) is 6.99. The molecule has 0 unspecified atom stereocenters. The second-order valence-electron chi connectivity index (χ2n) is 7.32. The van der Waals surface area contributed by atoms with E-state index in [1.54, 1.807) is 28.7 Å². The van der Waals surface area contributed by atoms with Gasteiger partial charge >= 0.3 is 0 Å². The molecule has 1 heterocycles. The van der Waals surface area contributed by atoms with Crippen LogP contribution in [0.4, 0.5) is 11.4 Å². The Labute approximate surface area is 180 Å². The van der Waals surface area contributed by atoms with Gasteiger partial charge in [0.25, 0.3) is 0 Å². The number of hydrogen-bond donors (Lipinski definition) is 0. The number of nitrogens with zero attached hydrogens (tertiary/aromatic N) is 3. The summed E-state index contributed by atoms with van der Waals surface area (Å²) in [7, 11) is -2.09. The molecule has 0 saturated carbocycles. The molecule has 1 aliphatic rings. The summed E-state index contributed by atoms with van der Waals surface area (Å²) in [5.74, 6) is 0.508. The number of anilines is 1. The van der Waals surface area contributed by atoms with Gasteiger partial charge in [-0.05, 0) is 56.5 Å². The highest BCUT2D eigenvalue weighted by Gasteiger charge is 2.28. The van der Waals surface area contributed by atoms with Gasteiger partial charge in [0.2, 0.25) is 10.0 Å². The lowest BCUT2D eigenvalue weighted by Crippen LogP contribution is -2.35. The van der Waals surface area contributed by atoms with Gasteiger partial charge in [0, 0.05) is 44.1 Å². The lowest BCUT2D eigenvalue weighted by Gasteiger charge is -2.26. The Morgan fingerprint density at radius 2 is 1.70 bits per heavy atom. The fraction of sp³-hybridized carbons (Fsp3) is 0.435. The zero-order valence-electron chi connectivity index (χ0n) is 18.0. The number of ether oxygens (including phenoxy) is 1. The van der Waals surface area contributed by atoms with Crippen molar-refractivity contribution in [2.24, 2.45) is 4.99 Å². The molecule has 3 rings (SSSR count). The molecule has 0 spiro atoms. The van der Waals surface area contributed by atoms with Crippen LogP contribution in [0.15, 0.2) is 52.4 Å². The van der Waals surface area contributed by atoms with Gasteiger partial charge in [0.15, 0.2) is 0 Å². The fourth-order valence-corrected chi connectivity index (χ4v) is 5.35. The van der Waals surface area contributed by atoms with Crippen LogP contribution < -0.4 is 9.64 Å². The van der Waals surface area contributed by atoms with Crippen LogP contribution in [-0.2, 0) is 10.0 Å². The molecular formula is C23H31N3O3S. The van der Waals surface area contributed by atoms with Gasteiger partial charge in [-0.2, -0.15) is 4.31 Å². The summed E-state index contributed by atoms with van der Waals surface area (Å²) >= 11 is 0. The van der Waals surface area contributed by atoms with Crippen LogP contribution in [0.3, 0.4) is 0 Å². The highest BCUT2D eigenvalue weighted by atomic mass is 32.2. The average Bonchev–Trinajstić information content (AvgIpc) is 2.79. The standard InChI is InChI=1S/C23H31N3O3S/c1-4-25(5-2)20-11-9-19(10-12-20)18-24-22-14-13-21(29-3)17-23(22)30(27,28)26-15-7-6-8-16-26/h9-14,17-18H,4-8,15-16H2,1-3H3. The van der Waals surface area contributed by atoms with Crippen molar-refractivity contribution in [1.82, 2.24) is 4.31 Å². The van der Waals surface area contributed by atoms with E-state index in [4.69, 9.17) is 4.74 Å². The first-order valence-corrected chi connectivity index (χ1v) is 12.0. The number of piperidine rings is 1. The lowest BCUT2D eigenvalue weighted by atomic mass is 10.2. The third-order valence-electron chi connectivity index (χ3n) is 5.47. The lowest BCUT2D eigenvalue weighted by molar-refractivity contribution is 0.346. The van der Waals surface area contributed by atoms with Crippen molar-refractivity contribution in [3.63, 3.8) is 0 Å². The van der Waals surface area contributed by atoms with E-state index in [0.29, 0.717) is 24.5 Å². The van der Waals surface area contributed by atoms with Crippen LogP contribution in [0.1, 0.15) is 38.7 Å². The van der Waals surface area contributed by atoms with Gasteiger partial charge in [-0.25, -0.2) is 8.42 Å². The van der Waals surface area contributed by atoms with Crippen LogP contribution in [0.5, 0.6) is 5.75 Å². The van der Waals surface area contributed by atoms with Crippen molar-refractivity contribution in [3.8, 4) is 5.75 Å². The maximum atomic E-state index is 13.3. The maximum absolute atomic E-state index is 13.3. The summed E-state index contributed by atoms with van der Waals surface area (Å²) in [6.45, 7) is 7.27. The van der Waals surface area contributed by atoms with Gasteiger partial charge in [-0.1, -0.05) is 18.6 Å². The predicted octanol–water partition coefficient (Wildman–Crippen LogP) is 4.47. The van der Waals surface area contributed by atoms with Crippen molar-refractivity contribution in [2.45, 2.75) is 38.0 Å². The number of sulfonamides is 1. The van der Waals surface area contributed by atoms with Crippen LogP contribution >= 0.6 is 0 Å². The minimum Gasteiger partial charge on any atom is -0.497 e. The number of aliphatic imine (C=N–C) groups is 1. The van der Waals surface area contributed by atoms with E-state index in [1.165, 1.54) is 7.11 Å². The molecule has 162 valence electrons. The molecule has 1 saturated heterocycles. The van der Waals surface area contributed by atoms with E-state index in [-0.39, 0.29) is 4.90 Å². The van der Waals surface area contributed by atoms with Crippen LogP contribution in [0.25, 0.3) is 0 Å². The molecule has 0 aromatic heterocycles. The normalized spacial score (nSPS) is 15.4. The maximum Gasteiger partial charge on any atom is 0.245 e. The average molecular weight is 430 g/mol. The molecule has 0 N–H and O–H groups in total. The molecule has 0 radical (unpaired) electrons. The van der Waals surface area contributed by atoms with Crippen molar-refractivity contribution in [1.29, 1.82) is 0 Å². The zero-order valence-corrected chi connectivity index (χ0v) is 18.9. The fourth-order valence-electron chi connectivity index (χ4n) is 3.68. The zero-order chi connectivity index (χ0) is 21.6. The summed E-state index contributed by atoms with van der Waals surface area (Å²) < 4.78 is 33.4. The smallest absolute Gasteiger partial charge is 0.245 e. The van der Waals surface area contributed by atoms with Crippen molar-refractivity contribution in [2.75, 3.05) is 38.2 Å². The number of methoxy groups -OCH3 is 1. The number of benzene rings is 2. The Hall–Kier alpha value is -2.38. The Kier molecular flexibility index (Phi) is 7.50. The Morgan fingerprint density at radius 3 is 2.30 bits per heavy atom. The highest BCUT2D eigenvalue weighted by Crippen LogP contribution is 2.32. The quantitative estimate of drug-likeness (QED) is 0.581. The third kappa shape index (κ3) is 5.02. The number of rotatable bonds is 8. The first-order valence-electron chi connectivity index (χ1n) is 10.6. The molecule has 0 bridgehead atoms. The van der Waals surface area contributed by atoms with E-state index >= 15 is 0 Å². The second-order valence-corrected chi connectivity index (χ2v) is 9.23. The predicted molar refractivity (Wildman–Crippen MR) is 123 cm³/mol. The first kappa shape index (κ1) is 22.3. The molecule has 6 nitrogen and oxygen atoms in total. The van der Waals surface area contributed by atoms with E-state index in [0.717, 1.165) is 43.6 Å². The van der Waals surface area contributed by atoms with E-state index < -0.39 is 10.0 Å². The Morgan fingerprint density at radius 1 is 1.03 bits per heavy atom. The minimum absolute atomic E-state index is 0.194. The summed E-state index contributed by atoms with van der Waals surface area (Å²) in [6.07, 6.45) is 4.56. The summed E-state index contributed by atoms with van der Waals surface area (Å²) in [6, 6.07) is 13.1. The molecule has 7 heteroatoms. The molecule has 0 atom stereocenters. The largest absolute Gasteiger partial charge is 0.497 e. The SMILES string of the molecule is CCN(CC)c1ccc(C=Nc2ccc(OC)cc2S(=O)(=O)N2CCCCC2)cc1. The first-order chi connectivity index (χ1) is 14.5. The minimum atomic E-state index is -3.62. The van der Waals surface area contributed by atoms with Gasteiger partial charge < -0.3 is 9.64 Å². The van der Waals surface area contributed by atoms with Crippen molar-refractivity contribution in [3.05, 3.63) is 48.0 Å². The Balaban J connectivity index is 1.90. The molecule has 2 aromatic rings. The van der Waals surface area contributed by atoms with Gasteiger partial charge in [-0.15, -0.1) is 0 Å². The van der Waals surface area contributed by atoms with Gasteiger partial charge in [-0.3, -0.25) is 4.99 Å². The van der Waals surface area contributed by atoms with Gasteiger partial charge in [0.05, 0.1) is 12.8 Å². The number of hydrogen-bond acceptors (Lipinski definition) is 5. The second kappa shape index (κ2) is 10.1. The summed E-state index contributed by atoms with van der Waals surface area (Å²) in [5.41, 5.74) is 2.51. The molecule has 1 fully saturated rings. The molecule has 1 aliphatic heterocycles. The van der Waals surface area contributed by atoms with Crippen molar-refractivity contribution < 1.29 is 13.2 Å². The van der Waals surface area contributed by atoms with Crippen LogP contribution in [-0.4, -0.2) is 52.2 Å². The van der Waals surface area contributed by atoms with Crippen molar-refractivity contribution >= 4 is 27.6 Å².